The molecule has 0 aromatic heterocycles. The SMILES string of the molecule is CC1CC(NCCS(N)(=O)=O)CC(C)O1. The van der Waals surface area contributed by atoms with Crippen LogP contribution < -0.4 is 10.5 Å². The Kier molecular flexibility index (Phi) is 4.51. The van der Waals surface area contributed by atoms with Gasteiger partial charge in [0.05, 0.1) is 18.0 Å². The Bertz CT molecular complexity index is 282. The number of nitrogens with one attached hydrogen (secondary N) is 1. The summed E-state index contributed by atoms with van der Waals surface area (Å²) in [6.07, 6.45) is 2.32. The zero-order valence-corrected chi connectivity index (χ0v) is 10.1. The van der Waals surface area contributed by atoms with Crippen LogP contribution in [0.25, 0.3) is 0 Å². The highest BCUT2D eigenvalue weighted by Gasteiger charge is 2.23. The molecule has 6 heteroatoms. The van der Waals surface area contributed by atoms with Crippen LogP contribution in [0.5, 0.6) is 0 Å². The van der Waals surface area contributed by atoms with Gasteiger partial charge in [-0.3, -0.25) is 0 Å². The molecule has 0 aromatic rings. The first-order valence-electron chi connectivity index (χ1n) is 5.26. The number of rotatable bonds is 4. The zero-order valence-electron chi connectivity index (χ0n) is 9.27. The highest BCUT2D eigenvalue weighted by Crippen LogP contribution is 2.18. The molecule has 0 amide bonds. The monoisotopic (exact) mass is 236 g/mol. The van der Waals surface area contributed by atoms with E-state index in [0.29, 0.717) is 12.6 Å². The van der Waals surface area contributed by atoms with Gasteiger partial charge in [-0.05, 0) is 26.7 Å². The molecule has 15 heavy (non-hydrogen) atoms. The first kappa shape index (κ1) is 12.9. The Morgan fingerprint density at radius 2 is 1.87 bits per heavy atom. The molecule has 2 atom stereocenters. The lowest BCUT2D eigenvalue weighted by Crippen LogP contribution is -2.43. The molecule has 1 heterocycles. The molecule has 0 radical (unpaired) electrons. The zero-order chi connectivity index (χ0) is 11.5. The third-order valence-corrected chi connectivity index (χ3v) is 3.29. The van der Waals surface area contributed by atoms with Gasteiger partial charge in [-0.15, -0.1) is 0 Å². The molecule has 1 saturated heterocycles. The number of primary sulfonamides is 1. The molecule has 1 aliphatic rings. The van der Waals surface area contributed by atoms with E-state index < -0.39 is 10.0 Å². The molecule has 0 spiro atoms. The molecule has 90 valence electrons. The van der Waals surface area contributed by atoms with E-state index in [4.69, 9.17) is 9.88 Å². The van der Waals surface area contributed by atoms with Crippen molar-refractivity contribution in [1.29, 1.82) is 0 Å². The smallest absolute Gasteiger partial charge is 0.210 e. The van der Waals surface area contributed by atoms with Gasteiger partial charge in [0.15, 0.2) is 0 Å². The van der Waals surface area contributed by atoms with Crippen LogP contribution in [-0.4, -0.2) is 39.0 Å². The molecule has 2 unspecified atom stereocenters. The first-order valence-corrected chi connectivity index (χ1v) is 6.97. The summed E-state index contributed by atoms with van der Waals surface area (Å²) in [7, 11) is -3.35. The van der Waals surface area contributed by atoms with Gasteiger partial charge in [-0.25, -0.2) is 13.6 Å². The summed E-state index contributed by atoms with van der Waals surface area (Å²) in [6.45, 7) is 4.48. The van der Waals surface area contributed by atoms with Crippen molar-refractivity contribution in [2.75, 3.05) is 12.3 Å². The van der Waals surface area contributed by atoms with Crippen LogP contribution >= 0.6 is 0 Å². The quantitative estimate of drug-likeness (QED) is 0.709. The van der Waals surface area contributed by atoms with E-state index in [1.54, 1.807) is 0 Å². The predicted molar refractivity (Wildman–Crippen MR) is 59.0 cm³/mol. The Morgan fingerprint density at radius 1 is 1.33 bits per heavy atom. The van der Waals surface area contributed by atoms with Gasteiger partial charge in [0.1, 0.15) is 0 Å². The molecule has 0 aromatic carbocycles. The van der Waals surface area contributed by atoms with Crippen LogP contribution in [0.3, 0.4) is 0 Å². The van der Waals surface area contributed by atoms with Gasteiger partial charge < -0.3 is 10.1 Å². The normalized spacial score (nSPS) is 32.9. The minimum Gasteiger partial charge on any atom is -0.375 e. The number of sulfonamides is 1. The Labute approximate surface area is 91.4 Å². The van der Waals surface area contributed by atoms with Crippen molar-refractivity contribution in [3.63, 3.8) is 0 Å². The number of ether oxygens (including phenoxy) is 1. The summed E-state index contributed by atoms with van der Waals surface area (Å²) >= 11 is 0. The number of nitrogens with two attached hydrogens (primary N) is 1. The van der Waals surface area contributed by atoms with Crippen molar-refractivity contribution in [2.45, 2.75) is 44.9 Å². The van der Waals surface area contributed by atoms with Crippen molar-refractivity contribution in [3.05, 3.63) is 0 Å². The van der Waals surface area contributed by atoms with Gasteiger partial charge in [-0.1, -0.05) is 0 Å². The van der Waals surface area contributed by atoms with Crippen molar-refractivity contribution in [1.82, 2.24) is 5.32 Å². The van der Waals surface area contributed by atoms with E-state index in [2.05, 4.69) is 5.32 Å². The fourth-order valence-corrected chi connectivity index (χ4v) is 2.38. The summed E-state index contributed by atoms with van der Waals surface area (Å²) in [5.74, 6) is -0.00683. The minimum absolute atomic E-state index is 0.00683. The van der Waals surface area contributed by atoms with Gasteiger partial charge in [0.2, 0.25) is 10.0 Å². The van der Waals surface area contributed by atoms with Crippen molar-refractivity contribution in [2.24, 2.45) is 5.14 Å². The fourth-order valence-electron chi connectivity index (χ4n) is 1.98. The van der Waals surface area contributed by atoms with Crippen LogP contribution in [0.15, 0.2) is 0 Å². The summed E-state index contributed by atoms with van der Waals surface area (Å²) in [4.78, 5) is 0. The lowest BCUT2D eigenvalue weighted by molar-refractivity contribution is -0.0417. The van der Waals surface area contributed by atoms with Crippen LogP contribution in [0.1, 0.15) is 26.7 Å². The molecule has 1 aliphatic heterocycles. The minimum atomic E-state index is -3.35. The summed E-state index contributed by atoms with van der Waals surface area (Å²) in [5, 5.41) is 8.11. The largest absolute Gasteiger partial charge is 0.375 e. The standard InChI is InChI=1S/C9H20N2O3S/c1-7-5-9(6-8(2)14-7)11-3-4-15(10,12)13/h7-9,11H,3-6H2,1-2H3,(H2,10,12,13). The molecule has 0 aliphatic carbocycles. The van der Waals surface area contributed by atoms with E-state index >= 15 is 0 Å². The lowest BCUT2D eigenvalue weighted by Gasteiger charge is -2.32. The predicted octanol–water partition coefficient (Wildman–Crippen LogP) is -0.179. The van der Waals surface area contributed by atoms with Gasteiger partial charge in [0, 0.05) is 12.6 Å². The van der Waals surface area contributed by atoms with E-state index in [-0.39, 0.29) is 18.0 Å². The van der Waals surface area contributed by atoms with Gasteiger partial charge in [-0.2, -0.15) is 0 Å². The second-order valence-electron chi connectivity index (χ2n) is 4.25. The Morgan fingerprint density at radius 3 is 2.33 bits per heavy atom. The molecular formula is C9H20N2O3S. The topological polar surface area (TPSA) is 81.4 Å². The Hall–Kier alpha value is -0.170. The highest BCUT2D eigenvalue weighted by molar-refractivity contribution is 7.89. The molecule has 0 bridgehead atoms. The summed E-state index contributed by atoms with van der Waals surface area (Å²) in [5.41, 5.74) is 0. The second kappa shape index (κ2) is 5.25. The average Bonchev–Trinajstić information content (AvgIpc) is 1.99. The maximum absolute atomic E-state index is 10.7. The lowest BCUT2D eigenvalue weighted by atomic mass is 10.00. The fraction of sp³-hybridized carbons (Fsp3) is 1.00. The van der Waals surface area contributed by atoms with E-state index in [9.17, 15) is 8.42 Å². The third kappa shape index (κ3) is 5.46. The summed E-state index contributed by atoms with van der Waals surface area (Å²) in [6, 6.07) is 0.338. The van der Waals surface area contributed by atoms with Crippen LogP contribution in [-0.2, 0) is 14.8 Å². The van der Waals surface area contributed by atoms with E-state index in [1.807, 2.05) is 13.8 Å². The van der Waals surface area contributed by atoms with Crippen molar-refractivity contribution >= 4 is 10.0 Å². The second-order valence-corrected chi connectivity index (χ2v) is 5.98. The summed E-state index contributed by atoms with van der Waals surface area (Å²) < 4.78 is 27.0. The van der Waals surface area contributed by atoms with E-state index in [0.717, 1.165) is 12.8 Å². The van der Waals surface area contributed by atoms with Crippen molar-refractivity contribution < 1.29 is 13.2 Å². The Balaban J connectivity index is 2.26. The van der Waals surface area contributed by atoms with Crippen LogP contribution in [0, 0.1) is 0 Å². The average molecular weight is 236 g/mol. The molecule has 5 nitrogen and oxygen atoms in total. The maximum atomic E-state index is 10.7. The molecule has 1 rings (SSSR count). The molecule has 3 N–H and O–H groups in total. The molecule has 0 saturated carbocycles. The number of hydrogen-bond acceptors (Lipinski definition) is 4. The van der Waals surface area contributed by atoms with E-state index in [1.165, 1.54) is 0 Å². The van der Waals surface area contributed by atoms with Gasteiger partial charge in [0.25, 0.3) is 0 Å². The maximum Gasteiger partial charge on any atom is 0.210 e. The molecular weight excluding hydrogens is 216 g/mol. The number of hydrogen-bond donors (Lipinski definition) is 2. The van der Waals surface area contributed by atoms with Gasteiger partial charge >= 0.3 is 0 Å². The molecule has 1 fully saturated rings. The highest BCUT2D eigenvalue weighted by atomic mass is 32.2. The van der Waals surface area contributed by atoms with Crippen molar-refractivity contribution in [3.8, 4) is 0 Å². The third-order valence-electron chi connectivity index (χ3n) is 2.52. The van der Waals surface area contributed by atoms with Crippen LogP contribution in [0.4, 0.5) is 0 Å². The van der Waals surface area contributed by atoms with Crippen LogP contribution in [0.2, 0.25) is 0 Å². The first-order chi connectivity index (χ1) is 6.87.